The number of thiol groups is 1. The first-order valence-corrected chi connectivity index (χ1v) is 4.37. The third kappa shape index (κ3) is 8.27. The van der Waals surface area contributed by atoms with E-state index >= 15 is 0 Å². The molecule has 0 saturated carbocycles. The van der Waals surface area contributed by atoms with E-state index in [-0.39, 0.29) is 0 Å². The van der Waals surface area contributed by atoms with Crippen molar-refractivity contribution in [3.63, 3.8) is 0 Å². The molecule has 0 heterocycles. The summed E-state index contributed by atoms with van der Waals surface area (Å²) in [6.45, 7) is 2.28. The molecule has 0 aromatic carbocycles. The van der Waals surface area contributed by atoms with Crippen LogP contribution in [0.3, 0.4) is 0 Å². The van der Waals surface area contributed by atoms with Gasteiger partial charge in [0.05, 0.1) is 0 Å². The summed E-state index contributed by atoms with van der Waals surface area (Å²) < 4.78 is 0. The monoisotopic (exact) mass is 162 g/mol. The van der Waals surface area contributed by atoms with Crippen LogP contribution in [0.5, 0.6) is 0 Å². The third-order valence-electron chi connectivity index (χ3n) is 1.32. The van der Waals surface area contributed by atoms with Gasteiger partial charge in [-0.2, -0.15) is 12.6 Å². The Balaban J connectivity index is 2.77. The molecule has 2 nitrogen and oxygen atoms in total. The molecule has 0 fully saturated rings. The van der Waals surface area contributed by atoms with Gasteiger partial charge in [0.1, 0.15) is 0 Å². The Bertz CT molecular complexity index is 66.6. The van der Waals surface area contributed by atoms with Crippen molar-refractivity contribution in [1.29, 1.82) is 0 Å². The summed E-state index contributed by atoms with van der Waals surface area (Å²) in [6, 6.07) is 0. The molecule has 0 aliphatic heterocycles. The van der Waals surface area contributed by atoms with Crippen molar-refractivity contribution >= 4 is 12.6 Å². The van der Waals surface area contributed by atoms with Gasteiger partial charge in [0.25, 0.3) is 0 Å². The number of unbranched alkanes of at least 4 members (excludes halogenated alkanes) is 1. The third-order valence-corrected chi connectivity index (χ3v) is 1.54. The van der Waals surface area contributed by atoms with Crippen LogP contribution in [0.4, 0.5) is 0 Å². The van der Waals surface area contributed by atoms with Crippen LogP contribution in [-0.4, -0.2) is 38.0 Å². The molecule has 0 aromatic rings. The molecular formula is C7H18N2S. The van der Waals surface area contributed by atoms with Gasteiger partial charge in [0.2, 0.25) is 0 Å². The Kier molecular flexibility index (Phi) is 7.58. The van der Waals surface area contributed by atoms with E-state index in [2.05, 4.69) is 36.9 Å². The maximum Gasteiger partial charge on any atom is 0.0387 e. The van der Waals surface area contributed by atoms with E-state index in [1.807, 2.05) is 0 Å². The molecule has 0 unspecified atom stereocenters. The maximum absolute atomic E-state index is 4.04. The molecule has 10 heavy (non-hydrogen) atoms. The summed E-state index contributed by atoms with van der Waals surface area (Å²) in [5.74, 6) is 0.794. The predicted molar refractivity (Wildman–Crippen MR) is 49.6 cm³/mol. The van der Waals surface area contributed by atoms with Crippen LogP contribution in [0, 0.1) is 0 Å². The van der Waals surface area contributed by atoms with E-state index in [9.17, 15) is 0 Å². The summed E-state index contributed by atoms with van der Waals surface area (Å²) in [5.41, 5.74) is 0. The molecule has 0 atom stereocenters. The Hall–Kier alpha value is 0.270. The standard InChI is InChI=1S/C7H18N2S/c1-9(2)6-4-3-5-8-7-10/h8,10H,3-7H2,1-2H3. The van der Waals surface area contributed by atoms with Crippen LogP contribution < -0.4 is 5.32 Å². The zero-order valence-corrected chi connectivity index (χ0v) is 7.82. The van der Waals surface area contributed by atoms with Gasteiger partial charge >= 0.3 is 0 Å². The van der Waals surface area contributed by atoms with Crippen LogP contribution in [0.1, 0.15) is 12.8 Å². The van der Waals surface area contributed by atoms with Gasteiger partial charge in [-0.15, -0.1) is 0 Å². The maximum atomic E-state index is 4.04. The minimum Gasteiger partial charge on any atom is -0.309 e. The lowest BCUT2D eigenvalue weighted by Gasteiger charge is -2.08. The van der Waals surface area contributed by atoms with Crippen LogP contribution in [0.15, 0.2) is 0 Å². The SMILES string of the molecule is CN(C)CCCCNCS. The van der Waals surface area contributed by atoms with Crippen LogP contribution in [0.25, 0.3) is 0 Å². The lowest BCUT2D eigenvalue weighted by molar-refractivity contribution is 0.393. The molecule has 0 aromatic heterocycles. The summed E-state index contributed by atoms with van der Waals surface area (Å²) in [5, 5.41) is 3.17. The Morgan fingerprint density at radius 1 is 1.30 bits per heavy atom. The van der Waals surface area contributed by atoms with Crippen molar-refractivity contribution < 1.29 is 0 Å². The largest absolute Gasteiger partial charge is 0.309 e. The summed E-state index contributed by atoms with van der Waals surface area (Å²) >= 11 is 4.04. The normalized spacial score (nSPS) is 10.8. The summed E-state index contributed by atoms with van der Waals surface area (Å²) in [4.78, 5) is 2.21. The van der Waals surface area contributed by atoms with Gasteiger partial charge in [0, 0.05) is 5.88 Å². The summed E-state index contributed by atoms with van der Waals surface area (Å²) in [7, 11) is 4.21. The lowest BCUT2D eigenvalue weighted by atomic mass is 10.3. The first-order valence-electron chi connectivity index (χ1n) is 3.73. The smallest absolute Gasteiger partial charge is 0.0387 e. The number of nitrogens with one attached hydrogen (secondary N) is 1. The fourth-order valence-corrected chi connectivity index (χ4v) is 0.915. The molecule has 62 valence electrons. The average Bonchev–Trinajstić information content (AvgIpc) is 1.87. The minimum absolute atomic E-state index is 0.794. The van der Waals surface area contributed by atoms with Gasteiger partial charge in [-0.05, 0) is 40.0 Å². The highest BCUT2D eigenvalue weighted by Gasteiger charge is 1.89. The first-order chi connectivity index (χ1) is 4.77. The minimum atomic E-state index is 0.794. The van der Waals surface area contributed by atoms with E-state index < -0.39 is 0 Å². The van der Waals surface area contributed by atoms with Gasteiger partial charge in [-0.1, -0.05) is 0 Å². The quantitative estimate of drug-likeness (QED) is 0.341. The lowest BCUT2D eigenvalue weighted by Crippen LogP contribution is -2.17. The van der Waals surface area contributed by atoms with E-state index in [0.717, 1.165) is 12.4 Å². The van der Waals surface area contributed by atoms with Gasteiger partial charge < -0.3 is 10.2 Å². The van der Waals surface area contributed by atoms with Crippen LogP contribution in [0.2, 0.25) is 0 Å². The second-order valence-corrected chi connectivity index (χ2v) is 2.98. The Morgan fingerprint density at radius 3 is 2.50 bits per heavy atom. The Morgan fingerprint density at radius 2 is 2.00 bits per heavy atom. The molecule has 0 rings (SSSR count). The number of hydrogen-bond acceptors (Lipinski definition) is 3. The van der Waals surface area contributed by atoms with Gasteiger partial charge in [0.15, 0.2) is 0 Å². The van der Waals surface area contributed by atoms with Gasteiger partial charge in [-0.3, -0.25) is 0 Å². The molecule has 0 radical (unpaired) electrons. The van der Waals surface area contributed by atoms with Crippen molar-refractivity contribution in [3.8, 4) is 0 Å². The molecular weight excluding hydrogens is 144 g/mol. The highest BCUT2D eigenvalue weighted by molar-refractivity contribution is 7.80. The predicted octanol–water partition coefficient (Wildman–Crippen LogP) is 0.805. The highest BCUT2D eigenvalue weighted by Crippen LogP contribution is 1.88. The van der Waals surface area contributed by atoms with E-state index in [1.54, 1.807) is 0 Å². The summed E-state index contributed by atoms with van der Waals surface area (Å²) in [6.07, 6.45) is 2.52. The molecule has 0 spiro atoms. The topological polar surface area (TPSA) is 15.3 Å². The van der Waals surface area contributed by atoms with Crippen molar-refractivity contribution in [3.05, 3.63) is 0 Å². The highest BCUT2D eigenvalue weighted by atomic mass is 32.1. The second-order valence-electron chi connectivity index (χ2n) is 2.67. The van der Waals surface area contributed by atoms with Crippen molar-refractivity contribution in [2.75, 3.05) is 33.1 Å². The fraction of sp³-hybridized carbons (Fsp3) is 1.00. The fourth-order valence-electron chi connectivity index (χ4n) is 0.757. The van der Waals surface area contributed by atoms with E-state index in [1.165, 1.54) is 19.4 Å². The number of nitrogens with zero attached hydrogens (tertiary/aromatic N) is 1. The number of hydrogen-bond donors (Lipinski definition) is 2. The van der Waals surface area contributed by atoms with Crippen molar-refractivity contribution in [1.82, 2.24) is 10.2 Å². The molecule has 0 aliphatic carbocycles. The van der Waals surface area contributed by atoms with Crippen LogP contribution >= 0.6 is 12.6 Å². The number of rotatable bonds is 6. The zero-order chi connectivity index (χ0) is 7.82. The Labute approximate surface area is 69.4 Å². The second kappa shape index (κ2) is 7.38. The molecule has 1 N–H and O–H groups in total. The van der Waals surface area contributed by atoms with E-state index in [4.69, 9.17) is 0 Å². The van der Waals surface area contributed by atoms with Crippen LogP contribution in [-0.2, 0) is 0 Å². The molecule has 0 bridgehead atoms. The average molecular weight is 162 g/mol. The van der Waals surface area contributed by atoms with Gasteiger partial charge in [-0.25, -0.2) is 0 Å². The zero-order valence-electron chi connectivity index (χ0n) is 6.93. The molecule has 0 amide bonds. The van der Waals surface area contributed by atoms with Crippen molar-refractivity contribution in [2.45, 2.75) is 12.8 Å². The first kappa shape index (κ1) is 10.3. The van der Waals surface area contributed by atoms with E-state index in [0.29, 0.717) is 0 Å². The molecule has 3 heteroatoms. The molecule has 0 saturated heterocycles. The molecule has 0 aliphatic rings. The van der Waals surface area contributed by atoms with Crippen molar-refractivity contribution in [2.24, 2.45) is 0 Å².